The molecule has 2 aromatic carbocycles. The number of hydrogen-bond donors (Lipinski definition) is 2. The zero-order valence-corrected chi connectivity index (χ0v) is 17.3. The molecular weight excluding hydrogens is 424 g/mol. The third-order valence-electron chi connectivity index (χ3n) is 5.41. The number of aromatic carboxylic acids is 1. The third-order valence-corrected chi connectivity index (χ3v) is 5.41. The second kappa shape index (κ2) is 7.45. The normalized spacial score (nSPS) is 14.1. The smallest absolute Gasteiger partial charge is 0.335 e. The van der Waals surface area contributed by atoms with E-state index in [2.05, 4.69) is 4.99 Å². The van der Waals surface area contributed by atoms with Crippen LogP contribution < -0.4 is 21.4 Å². The molecule has 0 atom stereocenters. The third kappa shape index (κ3) is 3.34. The van der Waals surface area contributed by atoms with Gasteiger partial charge in [0.25, 0.3) is 5.91 Å². The number of aromatic nitrogens is 1. The number of amides is 1. The van der Waals surface area contributed by atoms with Gasteiger partial charge in [-0.3, -0.25) is 14.2 Å². The molecular formula is C25H16N2O6. The number of carboxylic acids is 1. The van der Waals surface area contributed by atoms with E-state index in [1.54, 1.807) is 42.5 Å². The monoisotopic (exact) mass is 440 g/mol. The zero-order valence-electron chi connectivity index (χ0n) is 17.3. The van der Waals surface area contributed by atoms with Crippen molar-refractivity contribution in [1.29, 1.82) is 0 Å². The molecule has 33 heavy (non-hydrogen) atoms. The van der Waals surface area contributed by atoms with Crippen LogP contribution in [-0.2, 0) is 4.79 Å². The van der Waals surface area contributed by atoms with Crippen molar-refractivity contribution in [3.8, 4) is 5.88 Å². The summed E-state index contributed by atoms with van der Waals surface area (Å²) in [4.78, 5) is 39.6. The van der Waals surface area contributed by atoms with Gasteiger partial charge in [0.05, 0.1) is 22.0 Å². The van der Waals surface area contributed by atoms with Gasteiger partial charge in [0.2, 0.25) is 11.8 Å². The van der Waals surface area contributed by atoms with Crippen molar-refractivity contribution in [2.24, 2.45) is 4.99 Å². The predicted octanol–water partition coefficient (Wildman–Crippen LogP) is 0.918. The molecule has 1 aliphatic rings. The number of carboxylic acid groups (broad SMARTS) is 1. The second-order valence-corrected chi connectivity index (χ2v) is 7.51. The van der Waals surface area contributed by atoms with E-state index >= 15 is 0 Å². The SMILES string of the molecule is CC(=O)n1c(O)c(C=c2ccc(=CC3=c4cc(C(=O)O)ccc4=NC3=O)o2)c2ccccc21. The molecule has 5 rings (SSSR count). The first-order chi connectivity index (χ1) is 15.8. The van der Waals surface area contributed by atoms with Gasteiger partial charge < -0.3 is 14.6 Å². The average molecular weight is 440 g/mol. The summed E-state index contributed by atoms with van der Waals surface area (Å²) in [5.74, 6) is -2.11. The minimum absolute atomic E-state index is 0.0513. The summed E-state index contributed by atoms with van der Waals surface area (Å²) in [6.07, 6.45) is 3.11. The lowest BCUT2D eigenvalue weighted by Gasteiger charge is -2.00. The van der Waals surface area contributed by atoms with Crippen LogP contribution in [0.2, 0.25) is 0 Å². The minimum Gasteiger partial charge on any atom is -0.494 e. The van der Waals surface area contributed by atoms with E-state index in [-0.39, 0.29) is 22.9 Å². The highest BCUT2D eigenvalue weighted by molar-refractivity contribution is 6.25. The fraction of sp³-hybridized carbons (Fsp3) is 0.0400. The Kier molecular flexibility index (Phi) is 4.56. The van der Waals surface area contributed by atoms with Crippen molar-refractivity contribution in [2.75, 3.05) is 0 Å². The van der Waals surface area contributed by atoms with Gasteiger partial charge in [0, 0.05) is 23.1 Å². The number of benzene rings is 2. The summed E-state index contributed by atoms with van der Waals surface area (Å²) in [5.41, 5.74) is 2.03. The van der Waals surface area contributed by atoms with E-state index in [1.165, 1.54) is 35.8 Å². The Hall–Kier alpha value is -4.72. The molecule has 2 aromatic heterocycles. The van der Waals surface area contributed by atoms with Gasteiger partial charge in [-0.2, -0.15) is 0 Å². The predicted molar refractivity (Wildman–Crippen MR) is 118 cm³/mol. The quantitative estimate of drug-likeness (QED) is 0.489. The molecule has 8 heteroatoms. The van der Waals surface area contributed by atoms with Gasteiger partial charge >= 0.3 is 5.97 Å². The first-order valence-corrected chi connectivity index (χ1v) is 9.97. The molecule has 8 nitrogen and oxygen atoms in total. The lowest BCUT2D eigenvalue weighted by atomic mass is 10.1. The number of aromatic hydroxyl groups is 1. The number of carbonyl (C=O) groups is 3. The van der Waals surface area contributed by atoms with Gasteiger partial charge in [-0.25, -0.2) is 9.79 Å². The molecule has 3 heterocycles. The van der Waals surface area contributed by atoms with Crippen LogP contribution in [0.1, 0.15) is 27.6 Å². The van der Waals surface area contributed by atoms with Crippen molar-refractivity contribution in [3.05, 3.63) is 87.1 Å². The number of fused-ring (bicyclic) bond motifs is 2. The molecule has 2 N–H and O–H groups in total. The number of carbonyl (C=O) groups excluding carboxylic acids is 2. The van der Waals surface area contributed by atoms with Crippen LogP contribution in [0.5, 0.6) is 5.88 Å². The summed E-state index contributed by atoms with van der Waals surface area (Å²) in [6.45, 7) is 1.37. The summed E-state index contributed by atoms with van der Waals surface area (Å²) in [5, 5.41) is 21.4. The van der Waals surface area contributed by atoms with Crippen molar-refractivity contribution in [1.82, 2.24) is 4.57 Å². The maximum absolute atomic E-state index is 12.4. The van der Waals surface area contributed by atoms with Crippen molar-refractivity contribution >= 4 is 46.4 Å². The number of hydrogen-bond acceptors (Lipinski definition) is 5. The first-order valence-electron chi connectivity index (χ1n) is 9.97. The molecule has 0 fully saturated rings. The first kappa shape index (κ1) is 20.2. The van der Waals surface area contributed by atoms with Crippen LogP contribution in [0.25, 0.3) is 28.6 Å². The highest BCUT2D eigenvalue weighted by Gasteiger charge is 2.18. The molecule has 0 bridgehead atoms. The molecule has 1 aliphatic heterocycles. The summed E-state index contributed by atoms with van der Waals surface area (Å²) in [7, 11) is 0. The van der Waals surface area contributed by atoms with Gasteiger partial charge in [-0.05, 0) is 48.6 Å². The highest BCUT2D eigenvalue weighted by atomic mass is 16.4. The molecule has 4 aromatic rings. The van der Waals surface area contributed by atoms with E-state index in [4.69, 9.17) is 4.42 Å². The zero-order chi connectivity index (χ0) is 23.3. The molecule has 162 valence electrons. The Labute approximate surface area is 185 Å². The topological polar surface area (TPSA) is 122 Å². The molecule has 1 amide bonds. The Bertz CT molecular complexity index is 1750. The van der Waals surface area contributed by atoms with E-state index in [0.717, 1.165) is 0 Å². The lowest BCUT2D eigenvalue weighted by Crippen LogP contribution is -2.24. The minimum atomic E-state index is -1.10. The lowest BCUT2D eigenvalue weighted by molar-refractivity contribution is -0.112. The standard InChI is InChI=1S/C25H16N2O6/c1-13(28)27-22-5-3-2-4-17(22)20(24(27)30)12-16-8-7-15(33-16)11-19-18-10-14(25(31)32)6-9-21(18)26-23(19)29/h2-12,30H,1H3,(H,31,32). The molecule has 0 aliphatic carbocycles. The number of rotatable bonds is 3. The van der Waals surface area contributed by atoms with Crippen LogP contribution in [0.15, 0.2) is 64.0 Å². The van der Waals surface area contributed by atoms with Crippen LogP contribution in [0.3, 0.4) is 0 Å². The number of para-hydroxylation sites is 1. The maximum Gasteiger partial charge on any atom is 0.335 e. The van der Waals surface area contributed by atoms with E-state index in [0.29, 0.717) is 37.9 Å². The summed E-state index contributed by atoms with van der Waals surface area (Å²) in [6, 6.07) is 14.7. The van der Waals surface area contributed by atoms with Crippen molar-refractivity contribution in [3.63, 3.8) is 0 Å². The molecule has 0 spiro atoms. The Morgan fingerprint density at radius 3 is 2.48 bits per heavy atom. The molecule has 0 saturated carbocycles. The molecule has 0 unspecified atom stereocenters. The average Bonchev–Trinajstić information content (AvgIpc) is 3.43. The fourth-order valence-electron chi connectivity index (χ4n) is 3.93. The van der Waals surface area contributed by atoms with Crippen LogP contribution in [0.4, 0.5) is 0 Å². The van der Waals surface area contributed by atoms with Gasteiger partial charge in [0.15, 0.2) is 0 Å². The highest BCUT2D eigenvalue weighted by Crippen LogP contribution is 2.31. The number of furan rings is 1. The van der Waals surface area contributed by atoms with E-state index in [9.17, 15) is 24.6 Å². The van der Waals surface area contributed by atoms with E-state index in [1.807, 2.05) is 0 Å². The van der Waals surface area contributed by atoms with Crippen molar-refractivity contribution in [2.45, 2.75) is 6.92 Å². The Morgan fingerprint density at radius 2 is 1.76 bits per heavy atom. The second-order valence-electron chi connectivity index (χ2n) is 7.51. The Morgan fingerprint density at radius 1 is 1.03 bits per heavy atom. The molecule has 0 saturated heterocycles. The summed E-state index contributed by atoms with van der Waals surface area (Å²) >= 11 is 0. The van der Waals surface area contributed by atoms with Crippen molar-refractivity contribution < 1.29 is 29.0 Å². The van der Waals surface area contributed by atoms with E-state index < -0.39 is 11.9 Å². The van der Waals surface area contributed by atoms with Crippen LogP contribution in [0, 0.1) is 0 Å². The largest absolute Gasteiger partial charge is 0.494 e. The molecule has 0 radical (unpaired) electrons. The Balaban J connectivity index is 1.67. The van der Waals surface area contributed by atoms with Gasteiger partial charge in [0.1, 0.15) is 10.8 Å². The van der Waals surface area contributed by atoms with Crippen LogP contribution >= 0.6 is 0 Å². The fourth-order valence-corrected chi connectivity index (χ4v) is 3.93. The van der Waals surface area contributed by atoms with Gasteiger partial charge in [-0.1, -0.05) is 18.2 Å². The number of nitrogens with zero attached hydrogens (tertiary/aromatic N) is 2. The van der Waals surface area contributed by atoms with Gasteiger partial charge in [-0.15, -0.1) is 0 Å². The summed E-state index contributed by atoms with van der Waals surface area (Å²) < 4.78 is 7.04. The van der Waals surface area contributed by atoms with Crippen LogP contribution in [-0.4, -0.2) is 32.6 Å². The maximum atomic E-state index is 12.4.